The third kappa shape index (κ3) is 3.49. The normalized spacial score (nSPS) is 13.4. The molecule has 0 aliphatic rings. The van der Waals surface area contributed by atoms with Gasteiger partial charge in [-0.3, -0.25) is 4.98 Å². The van der Waals surface area contributed by atoms with Crippen LogP contribution in [0.3, 0.4) is 0 Å². The minimum atomic E-state index is -3.67. The first-order valence-electron chi connectivity index (χ1n) is 6.70. The summed E-state index contributed by atoms with van der Waals surface area (Å²) < 4.78 is 32.7. The van der Waals surface area contributed by atoms with Crippen molar-refractivity contribution in [2.75, 3.05) is 18.9 Å². The van der Waals surface area contributed by atoms with Crippen molar-refractivity contribution in [2.24, 2.45) is 0 Å². The molecule has 1 atom stereocenters. The molecule has 2 rings (SSSR count). The Labute approximate surface area is 124 Å². The van der Waals surface area contributed by atoms with Crippen molar-refractivity contribution in [3.05, 3.63) is 30.5 Å². The summed E-state index contributed by atoms with van der Waals surface area (Å²) in [6, 6.07) is 6.52. The number of nitrogens with zero attached hydrogens (tertiary/aromatic N) is 1. The average molecular weight is 309 g/mol. The Morgan fingerprint density at radius 2 is 2.14 bits per heavy atom. The topological polar surface area (TPSA) is 94.3 Å². The second-order valence-electron chi connectivity index (χ2n) is 4.67. The van der Waals surface area contributed by atoms with Crippen LogP contribution in [0, 0.1) is 0 Å². The molecule has 0 spiro atoms. The van der Waals surface area contributed by atoms with Crippen molar-refractivity contribution >= 4 is 26.6 Å². The van der Waals surface area contributed by atoms with Crippen molar-refractivity contribution in [1.82, 2.24) is 9.71 Å². The minimum absolute atomic E-state index is 0.121. The first kappa shape index (κ1) is 15.7. The van der Waals surface area contributed by atoms with E-state index in [1.54, 1.807) is 24.4 Å². The molecule has 0 aliphatic carbocycles. The molecule has 2 aromatic rings. The molecule has 0 radical (unpaired) electrons. The lowest BCUT2D eigenvalue weighted by molar-refractivity contribution is 0.0799. The van der Waals surface area contributed by atoms with Crippen molar-refractivity contribution in [3.8, 4) is 0 Å². The highest BCUT2D eigenvalue weighted by atomic mass is 32.2. The van der Waals surface area contributed by atoms with Gasteiger partial charge in [0, 0.05) is 30.4 Å². The maximum absolute atomic E-state index is 12.4. The van der Waals surface area contributed by atoms with Crippen LogP contribution in [0.2, 0.25) is 0 Å². The zero-order valence-corrected chi connectivity index (χ0v) is 12.9. The fourth-order valence-electron chi connectivity index (χ4n) is 2.03. The van der Waals surface area contributed by atoms with Crippen LogP contribution in [-0.4, -0.2) is 32.7 Å². The van der Waals surface area contributed by atoms with Crippen LogP contribution < -0.4 is 10.5 Å². The summed E-state index contributed by atoms with van der Waals surface area (Å²) in [6.45, 7) is 4.41. The molecule has 0 fully saturated rings. The van der Waals surface area contributed by atoms with Crippen LogP contribution >= 0.6 is 0 Å². The van der Waals surface area contributed by atoms with E-state index in [-0.39, 0.29) is 17.5 Å². The molecule has 114 valence electrons. The summed E-state index contributed by atoms with van der Waals surface area (Å²) in [5.74, 6) is 0. The van der Waals surface area contributed by atoms with Gasteiger partial charge in [0.15, 0.2) is 0 Å². The van der Waals surface area contributed by atoms with Gasteiger partial charge in [0.05, 0.1) is 11.6 Å². The first-order valence-corrected chi connectivity index (χ1v) is 8.18. The van der Waals surface area contributed by atoms with E-state index >= 15 is 0 Å². The number of fused-ring (bicyclic) bond motifs is 1. The third-order valence-electron chi connectivity index (χ3n) is 3.07. The lowest BCUT2D eigenvalue weighted by Gasteiger charge is -2.14. The highest BCUT2D eigenvalue weighted by Crippen LogP contribution is 2.25. The largest absolute Gasteiger partial charge is 0.398 e. The predicted octanol–water partition coefficient (Wildman–Crippen LogP) is 1.52. The quantitative estimate of drug-likeness (QED) is 0.789. The molecule has 0 saturated heterocycles. The molecule has 1 aromatic heterocycles. The molecule has 0 saturated carbocycles. The number of ether oxygens (including phenoxy) is 1. The van der Waals surface area contributed by atoms with Crippen molar-refractivity contribution in [1.29, 1.82) is 0 Å². The molecule has 0 amide bonds. The van der Waals surface area contributed by atoms with E-state index in [2.05, 4.69) is 9.71 Å². The fourth-order valence-corrected chi connectivity index (χ4v) is 3.31. The van der Waals surface area contributed by atoms with Crippen molar-refractivity contribution < 1.29 is 13.2 Å². The number of pyridine rings is 1. The van der Waals surface area contributed by atoms with Crippen molar-refractivity contribution in [3.63, 3.8) is 0 Å². The monoisotopic (exact) mass is 309 g/mol. The average Bonchev–Trinajstić information content (AvgIpc) is 2.46. The number of hydrogen-bond donors (Lipinski definition) is 2. The zero-order chi connectivity index (χ0) is 15.5. The second kappa shape index (κ2) is 6.38. The van der Waals surface area contributed by atoms with Crippen LogP contribution in [0.5, 0.6) is 0 Å². The molecule has 3 N–H and O–H groups in total. The maximum atomic E-state index is 12.4. The van der Waals surface area contributed by atoms with Gasteiger partial charge < -0.3 is 10.5 Å². The maximum Gasteiger partial charge on any atom is 0.242 e. The predicted molar refractivity (Wildman–Crippen MR) is 82.4 cm³/mol. The molecule has 0 bridgehead atoms. The summed E-state index contributed by atoms with van der Waals surface area (Å²) in [4.78, 5) is 4.26. The number of hydrogen-bond acceptors (Lipinski definition) is 5. The summed E-state index contributed by atoms with van der Waals surface area (Å²) in [6.07, 6.45) is 1.35. The van der Waals surface area contributed by atoms with Gasteiger partial charge in [0.25, 0.3) is 0 Å². The molecule has 0 aliphatic heterocycles. The van der Waals surface area contributed by atoms with Gasteiger partial charge in [-0.2, -0.15) is 0 Å². The minimum Gasteiger partial charge on any atom is -0.398 e. The van der Waals surface area contributed by atoms with Crippen molar-refractivity contribution in [2.45, 2.75) is 24.8 Å². The van der Waals surface area contributed by atoms with E-state index in [0.29, 0.717) is 23.2 Å². The highest BCUT2D eigenvalue weighted by Gasteiger charge is 2.19. The standard InChI is InChI=1S/C14H19N3O3S/c1-3-20-10(2)9-17-21(18,19)13-7-6-12(15)11-5-4-8-16-14(11)13/h4-8,10,17H,3,9,15H2,1-2H3. The summed E-state index contributed by atoms with van der Waals surface area (Å²) in [5, 5.41) is 0.623. The highest BCUT2D eigenvalue weighted by molar-refractivity contribution is 7.89. The number of rotatable bonds is 6. The Morgan fingerprint density at radius 1 is 1.38 bits per heavy atom. The van der Waals surface area contributed by atoms with Gasteiger partial charge in [0.2, 0.25) is 10.0 Å². The third-order valence-corrected chi connectivity index (χ3v) is 4.52. The van der Waals surface area contributed by atoms with E-state index in [1.165, 1.54) is 6.07 Å². The number of sulfonamides is 1. The molecule has 21 heavy (non-hydrogen) atoms. The van der Waals surface area contributed by atoms with E-state index < -0.39 is 10.0 Å². The Bertz CT molecular complexity index is 731. The number of nitrogens with one attached hydrogen (secondary N) is 1. The Hall–Kier alpha value is -1.70. The fraction of sp³-hybridized carbons (Fsp3) is 0.357. The second-order valence-corrected chi connectivity index (χ2v) is 6.41. The number of nitrogens with two attached hydrogens (primary N) is 1. The van der Waals surface area contributed by atoms with Crippen LogP contribution in [0.4, 0.5) is 5.69 Å². The Kier molecular flexibility index (Phi) is 4.76. The van der Waals surface area contributed by atoms with Gasteiger partial charge in [-0.1, -0.05) is 0 Å². The van der Waals surface area contributed by atoms with Crippen LogP contribution in [0.15, 0.2) is 35.4 Å². The lowest BCUT2D eigenvalue weighted by Crippen LogP contribution is -2.32. The van der Waals surface area contributed by atoms with Gasteiger partial charge in [0.1, 0.15) is 4.90 Å². The molecule has 1 unspecified atom stereocenters. The van der Waals surface area contributed by atoms with Gasteiger partial charge >= 0.3 is 0 Å². The molecule has 1 aromatic carbocycles. The van der Waals surface area contributed by atoms with E-state index in [9.17, 15) is 8.42 Å². The molecular weight excluding hydrogens is 290 g/mol. The van der Waals surface area contributed by atoms with E-state index in [4.69, 9.17) is 10.5 Å². The molecule has 6 nitrogen and oxygen atoms in total. The molecule has 1 heterocycles. The lowest BCUT2D eigenvalue weighted by atomic mass is 10.2. The number of aromatic nitrogens is 1. The van der Waals surface area contributed by atoms with Gasteiger partial charge in [-0.25, -0.2) is 13.1 Å². The van der Waals surface area contributed by atoms with Crippen LogP contribution in [-0.2, 0) is 14.8 Å². The SMILES string of the molecule is CCOC(C)CNS(=O)(=O)c1ccc(N)c2cccnc12. The van der Waals surface area contributed by atoms with Crippen LogP contribution in [0.1, 0.15) is 13.8 Å². The first-order chi connectivity index (χ1) is 9.95. The zero-order valence-electron chi connectivity index (χ0n) is 12.0. The summed E-state index contributed by atoms with van der Waals surface area (Å²) in [5.41, 5.74) is 6.72. The van der Waals surface area contributed by atoms with Gasteiger partial charge in [-0.15, -0.1) is 0 Å². The molecule has 7 heteroatoms. The van der Waals surface area contributed by atoms with Gasteiger partial charge in [-0.05, 0) is 38.1 Å². The Morgan fingerprint density at radius 3 is 2.86 bits per heavy atom. The number of benzene rings is 1. The number of anilines is 1. The van der Waals surface area contributed by atoms with E-state index in [1.807, 2.05) is 13.8 Å². The smallest absolute Gasteiger partial charge is 0.242 e. The Balaban J connectivity index is 2.35. The summed E-state index contributed by atoms with van der Waals surface area (Å²) in [7, 11) is -3.67. The van der Waals surface area contributed by atoms with Crippen LogP contribution in [0.25, 0.3) is 10.9 Å². The van der Waals surface area contributed by atoms with E-state index in [0.717, 1.165) is 0 Å². The summed E-state index contributed by atoms with van der Waals surface area (Å²) >= 11 is 0. The number of nitrogen functional groups attached to an aromatic ring is 1. The molecular formula is C14H19N3O3S.